The van der Waals surface area contributed by atoms with E-state index in [9.17, 15) is 26.7 Å². The van der Waals surface area contributed by atoms with Crippen LogP contribution in [0.2, 0.25) is 0 Å². The molecule has 0 amide bonds. The molecule has 0 bridgehead atoms. The highest BCUT2D eigenvalue weighted by Gasteiger charge is 2.32. The number of nitrogens with one attached hydrogen (secondary N) is 1. The molecule has 0 saturated heterocycles. The van der Waals surface area contributed by atoms with E-state index in [4.69, 9.17) is 0 Å². The highest BCUT2D eigenvalue weighted by Crippen LogP contribution is 2.37. The molecule has 0 radical (unpaired) electrons. The average molecular weight is 537 g/mol. The fourth-order valence-corrected chi connectivity index (χ4v) is 6.36. The number of fused-ring (bicyclic) bond motifs is 1. The predicted molar refractivity (Wildman–Crippen MR) is 136 cm³/mol. The Morgan fingerprint density at radius 1 is 1.26 bits per heavy atom. The second-order valence-electron chi connectivity index (χ2n) is 8.63. The molecular weight excluding hydrogens is 512 g/mol. The molecule has 35 heavy (non-hydrogen) atoms. The first-order valence-corrected chi connectivity index (χ1v) is 15.1. The number of sulfonamides is 1. The average Bonchev–Trinajstić information content (AvgIpc) is 3.27. The Hall–Kier alpha value is -3.03. The maximum Gasteiger partial charge on any atom is 0.279 e. The minimum Gasteiger partial charge on any atom is -0.505 e. The molecule has 0 saturated carbocycles. The second-order valence-corrected chi connectivity index (χ2v) is 13.3. The molecule has 3 aromatic rings. The summed E-state index contributed by atoms with van der Waals surface area (Å²) in [5, 5.41) is 17.2. The Morgan fingerprint density at radius 3 is 2.63 bits per heavy atom. The molecule has 2 N–H and O–H groups in total. The van der Waals surface area contributed by atoms with Crippen molar-refractivity contribution in [3.05, 3.63) is 51.6 Å². The smallest absolute Gasteiger partial charge is 0.279 e. The molecule has 3 heterocycles. The number of benzene rings is 1. The minimum atomic E-state index is -4.00. The Labute approximate surface area is 207 Å². The maximum atomic E-state index is 13.3. The van der Waals surface area contributed by atoms with Crippen LogP contribution in [0.3, 0.4) is 0 Å². The third-order valence-corrected chi connectivity index (χ3v) is 8.41. The van der Waals surface area contributed by atoms with Gasteiger partial charge in [0.1, 0.15) is 11.3 Å². The standard InChI is InChI=1S/C22H24N4O6S3/c1-13(2)8-9-26-22(28)19(21(27)20(24-26)17-5-4-10-33-17)16-12-35(31,32)18-11-14(25-34(3,29)30)6-7-15(18)23-16/h4-7,10-11,13,25,27H,8-9,12H2,1-3H3. The van der Waals surface area contributed by atoms with Crippen LogP contribution in [0.1, 0.15) is 25.8 Å². The monoisotopic (exact) mass is 536 g/mol. The zero-order chi connectivity index (χ0) is 25.5. The van der Waals surface area contributed by atoms with Crippen LogP contribution >= 0.6 is 11.3 Å². The molecule has 0 spiro atoms. The van der Waals surface area contributed by atoms with E-state index in [1.165, 1.54) is 34.2 Å². The van der Waals surface area contributed by atoms with Gasteiger partial charge in [0.05, 0.1) is 33.2 Å². The summed E-state index contributed by atoms with van der Waals surface area (Å²) < 4.78 is 52.9. The lowest BCUT2D eigenvalue weighted by atomic mass is 10.1. The van der Waals surface area contributed by atoms with Gasteiger partial charge in [0, 0.05) is 12.2 Å². The van der Waals surface area contributed by atoms with Gasteiger partial charge in [-0.2, -0.15) is 5.10 Å². The zero-order valence-corrected chi connectivity index (χ0v) is 21.7. The summed E-state index contributed by atoms with van der Waals surface area (Å²) >= 11 is 1.33. The number of aryl methyl sites for hydroxylation is 1. The van der Waals surface area contributed by atoms with Gasteiger partial charge in [0.25, 0.3) is 5.56 Å². The van der Waals surface area contributed by atoms with Gasteiger partial charge < -0.3 is 5.11 Å². The quantitative estimate of drug-likeness (QED) is 0.472. The Morgan fingerprint density at radius 2 is 2.00 bits per heavy atom. The largest absolute Gasteiger partial charge is 0.505 e. The molecule has 0 fully saturated rings. The number of aliphatic imine (C=N–C) groups is 1. The van der Waals surface area contributed by atoms with Crippen molar-refractivity contribution in [1.82, 2.24) is 9.78 Å². The van der Waals surface area contributed by atoms with E-state index in [1.807, 2.05) is 13.8 Å². The normalized spacial score (nSPS) is 15.0. The first-order valence-electron chi connectivity index (χ1n) is 10.7. The number of nitrogens with zero attached hydrogens (tertiary/aromatic N) is 3. The summed E-state index contributed by atoms with van der Waals surface area (Å²) in [6, 6.07) is 7.46. The van der Waals surface area contributed by atoms with Gasteiger partial charge in [0.15, 0.2) is 15.6 Å². The van der Waals surface area contributed by atoms with Gasteiger partial charge in [-0.05, 0) is 42.0 Å². The number of hydrogen-bond acceptors (Lipinski definition) is 9. The van der Waals surface area contributed by atoms with Crippen molar-refractivity contribution in [3.63, 3.8) is 0 Å². The lowest BCUT2D eigenvalue weighted by Crippen LogP contribution is -2.33. The second kappa shape index (κ2) is 9.21. The van der Waals surface area contributed by atoms with Crippen LogP contribution in [0.25, 0.3) is 10.6 Å². The molecule has 0 aliphatic carbocycles. The van der Waals surface area contributed by atoms with E-state index in [0.29, 0.717) is 23.8 Å². The van der Waals surface area contributed by atoms with Crippen molar-refractivity contribution in [2.24, 2.45) is 10.9 Å². The highest BCUT2D eigenvalue weighted by molar-refractivity contribution is 7.92. The number of thiophene rings is 1. The topological polar surface area (TPSA) is 148 Å². The van der Waals surface area contributed by atoms with Crippen molar-refractivity contribution in [3.8, 4) is 16.3 Å². The summed E-state index contributed by atoms with van der Waals surface area (Å²) in [7, 11) is -7.61. The van der Waals surface area contributed by atoms with Gasteiger partial charge in [-0.15, -0.1) is 11.3 Å². The molecule has 4 rings (SSSR count). The number of hydrogen-bond donors (Lipinski definition) is 2. The van der Waals surface area contributed by atoms with Crippen LogP contribution < -0.4 is 10.3 Å². The van der Waals surface area contributed by atoms with E-state index in [0.717, 1.165) is 6.26 Å². The van der Waals surface area contributed by atoms with Gasteiger partial charge in [0.2, 0.25) is 10.0 Å². The lowest BCUT2D eigenvalue weighted by molar-refractivity contribution is 0.444. The van der Waals surface area contributed by atoms with Gasteiger partial charge >= 0.3 is 0 Å². The van der Waals surface area contributed by atoms with Crippen molar-refractivity contribution in [2.45, 2.75) is 31.7 Å². The maximum absolute atomic E-state index is 13.3. The molecule has 1 aromatic carbocycles. The third kappa shape index (κ3) is 5.31. The number of rotatable bonds is 7. The molecule has 0 unspecified atom stereocenters. The Kier molecular flexibility index (Phi) is 6.60. The van der Waals surface area contributed by atoms with E-state index in [2.05, 4.69) is 14.8 Å². The number of aromatic hydroxyl groups is 1. The van der Waals surface area contributed by atoms with Gasteiger partial charge in [-0.25, -0.2) is 21.5 Å². The first kappa shape index (κ1) is 25.1. The molecule has 1 aliphatic rings. The minimum absolute atomic E-state index is 0.0484. The fraction of sp³-hybridized carbons (Fsp3) is 0.318. The van der Waals surface area contributed by atoms with Crippen LogP contribution in [-0.4, -0.2) is 49.4 Å². The summed E-state index contributed by atoms with van der Waals surface area (Å²) in [4.78, 5) is 18.2. The Balaban J connectivity index is 1.90. The number of aromatic nitrogens is 2. The molecule has 13 heteroatoms. The van der Waals surface area contributed by atoms with Crippen LogP contribution in [0, 0.1) is 5.92 Å². The van der Waals surface area contributed by atoms with Crippen molar-refractivity contribution < 1.29 is 21.9 Å². The Bertz CT molecular complexity index is 1590. The summed E-state index contributed by atoms with van der Waals surface area (Å²) in [5.74, 6) is -0.769. The molecule has 0 atom stereocenters. The van der Waals surface area contributed by atoms with Gasteiger partial charge in [-0.1, -0.05) is 19.9 Å². The van der Waals surface area contributed by atoms with Gasteiger partial charge in [-0.3, -0.25) is 14.5 Å². The molecule has 1 aliphatic heterocycles. The van der Waals surface area contributed by atoms with E-state index < -0.39 is 36.9 Å². The molecular formula is C22H24N4O6S3. The summed E-state index contributed by atoms with van der Waals surface area (Å²) in [5.41, 5.74) is -0.626. The van der Waals surface area contributed by atoms with Crippen molar-refractivity contribution in [1.29, 1.82) is 0 Å². The SMILES string of the molecule is CC(C)CCn1nc(-c2cccs2)c(O)c(C2=Nc3ccc(NS(C)(=O)=O)cc3S(=O)(=O)C2)c1=O. The van der Waals surface area contributed by atoms with Crippen molar-refractivity contribution >= 4 is 48.3 Å². The van der Waals surface area contributed by atoms with Crippen LogP contribution in [0.4, 0.5) is 11.4 Å². The fourth-order valence-electron chi connectivity index (χ4n) is 3.63. The number of sulfone groups is 1. The van der Waals surface area contributed by atoms with E-state index in [-0.39, 0.29) is 33.2 Å². The summed E-state index contributed by atoms with van der Waals surface area (Å²) in [6.45, 7) is 4.31. The zero-order valence-electron chi connectivity index (χ0n) is 19.2. The third-order valence-electron chi connectivity index (χ3n) is 5.27. The van der Waals surface area contributed by atoms with Crippen LogP contribution in [-0.2, 0) is 26.4 Å². The van der Waals surface area contributed by atoms with Crippen LogP contribution in [0.15, 0.2) is 50.4 Å². The number of anilines is 1. The first-order chi connectivity index (χ1) is 16.4. The van der Waals surface area contributed by atoms with Crippen LogP contribution in [0.5, 0.6) is 5.75 Å². The molecule has 2 aromatic heterocycles. The highest BCUT2D eigenvalue weighted by atomic mass is 32.2. The van der Waals surface area contributed by atoms with Crippen molar-refractivity contribution in [2.75, 3.05) is 16.7 Å². The predicted octanol–water partition coefficient (Wildman–Crippen LogP) is 3.00. The summed E-state index contributed by atoms with van der Waals surface area (Å²) in [6.07, 6.45) is 1.61. The van der Waals surface area contributed by atoms with E-state index >= 15 is 0 Å². The molecule has 186 valence electrons. The van der Waals surface area contributed by atoms with E-state index in [1.54, 1.807) is 17.5 Å². The lowest BCUT2D eigenvalue weighted by Gasteiger charge is -2.19. The molecule has 10 nitrogen and oxygen atoms in total.